The Hall–Kier alpha value is -3.81. The summed E-state index contributed by atoms with van der Waals surface area (Å²) in [6.45, 7) is 0.878. The number of H-pyrrole nitrogens is 2. The van der Waals surface area contributed by atoms with Crippen LogP contribution in [0.1, 0.15) is 21.6 Å². The minimum absolute atomic E-state index is 0.247. The second-order valence-electron chi connectivity index (χ2n) is 7.22. The quantitative estimate of drug-likeness (QED) is 0.402. The lowest BCUT2D eigenvalue weighted by Crippen LogP contribution is -2.40. The van der Waals surface area contributed by atoms with Crippen LogP contribution in [0, 0.1) is 0 Å². The van der Waals surface area contributed by atoms with Gasteiger partial charge in [-0.15, -0.1) is 0 Å². The van der Waals surface area contributed by atoms with Crippen LogP contribution in [0.5, 0.6) is 11.6 Å². The Bertz CT molecular complexity index is 1300. The van der Waals surface area contributed by atoms with Gasteiger partial charge in [0.2, 0.25) is 5.88 Å². The van der Waals surface area contributed by atoms with Gasteiger partial charge in [0.25, 0.3) is 11.7 Å². The van der Waals surface area contributed by atoms with E-state index >= 15 is 0 Å². The molecule has 0 aliphatic carbocycles. The second kappa shape index (κ2) is 6.91. The molecule has 8 heteroatoms. The number of carbonyl (C=O) groups excluding carboxylic acids is 2. The van der Waals surface area contributed by atoms with Gasteiger partial charge >= 0.3 is 0 Å². The molecule has 0 fully saturated rings. The number of aromatic nitrogens is 3. The number of benzene rings is 1. The zero-order chi connectivity index (χ0) is 20.8. The molecular formula is C22H20N4O4. The fourth-order valence-electron chi connectivity index (χ4n) is 4.18. The van der Waals surface area contributed by atoms with Crippen LogP contribution in [0.2, 0.25) is 0 Å². The monoisotopic (exact) mass is 404 g/mol. The molecule has 4 aromatic rings. The summed E-state index contributed by atoms with van der Waals surface area (Å²) in [7, 11) is 2.99. The number of amides is 1. The number of pyridine rings is 1. The van der Waals surface area contributed by atoms with Gasteiger partial charge in [-0.05, 0) is 6.07 Å². The molecule has 8 nitrogen and oxygen atoms in total. The molecule has 0 spiro atoms. The number of hydrogen-bond acceptors (Lipinski definition) is 5. The average molecular weight is 404 g/mol. The van der Waals surface area contributed by atoms with Gasteiger partial charge < -0.3 is 24.3 Å². The number of fused-ring (bicyclic) bond motifs is 4. The van der Waals surface area contributed by atoms with E-state index in [0.29, 0.717) is 42.0 Å². The molecule has 5 rings (SSSR count). The molecule has 152 valence electrons. The molecular weight excluding hydrogens is 384 g/mol. The molecule has 0 radical (unpaired) electrons. The van der Waals surface area contributed by atoms with Crippen LogP contribution in [0.15, 0.2) is 36.7 Å². The third kappa shape index (κ3) is 2.64. The van der Waals surface area contributed by atoms with E-state index in [1.807, 2.05) is 24.3 Å². The predicted octanol–water partition coefficient (Wildman–Crippen LogP) is 2.83. The SMILES string of the molecule is COc1ncc(OC)c2c(C(=O)C(=O)N3CCc4[nH]c5ccccc5c4C3)c[nH]c12. The van der Waals surface area contributed by atoms with Crippen LogP contribution in [-0.2, 0) is 17.8 Å². The number of nitrogens with zero attached hydrogens (tertiary/aromatic N) is 2. The molecule has 1 aliphatic rings. The molecule has 1 aliphatic heterocycles. The van der Waals surface area contributed by atoms with Crippen molar-refractivity contribution in [2.24, 2.45) is 0 Å². The number of hydrogen-bond donors (Lipinski definition) is 2. The maximum Gasteiger partial charge on any atom is 0.295 e. The molecule has 0 saturated carbocycles. The molecule has 0 bridgehead atoms. The number of aromatic amines is 2. The fraction of sp³-hybridized carbons (Fsp3) is 0.227. The number of nitrogens with one attached hydrogen (secondary N) is 2. The third-order valence-electron chi connectivity index (χ3n) is 5.66. The number of rotatable bonds is 4. The van der Waals surface area contributed by atoms with Gasteiger partial charge in [0.15, 0.2) is 0 Å². The smallest absolute Gasteiger partial charge is 0.295 e. The molecule has 4 heterocycles. The first-order valence-corrected chi connectivity index (χ1v) is 9.62. The molecule has 3 aromatic heterocycles. The van der Waals surface area contributed by atoms with Crippen molar-refractivity contribution in [1.29, 1.82) is 0 Å². The number of methoxy groups -OCH3 is 2. The Morgan fingerprint density at radius 2 is 2.00 bits per heavy atom. The number of ketones is 1. The van der Waals surface area contributed by atoms with E-state index in [4.69, 9.17) is 9.47 Å². The highest BCUT2D eigenvalue weighted by Gasteiger charge is 2.31. The van der Waals surface area contributed by atoms with Crippen molar-refractivity contribution in [2.75, 3.05) is 20.8 Å². The van der Waals surface area contributed by atoms with Gasteiger partial charge in [0, 0.05) is 47.9 Å². The summed E-state index contributed by atoms with van der Waals surface area (Å²) in [6, 6.07) is 8.00. The fourth-order valence-corrected chi connectivity index (χ4v) is 4.18. The molecule has 1 aromatic carbocycles. The number of Topliss-reactive ketones (excluding diaryl/α,β-unsaturated/α-hetero) is 1. The zero-order valence-corrected chi connectivity index (χ0v) is 16.6. The van der Waals surface area contributed by atoms with Crippen molar-refractivity contribution < 1.29 is 19.1 Å². The van der Waals surface area contributed by atoms with E-state index < -0.39 is 11.7 Å². The Labute approximate surface area is 171 Å². The highest BCUT2D eigenvalue weighted by atomic mass is 16.5. The topological polar surface area (TPSA) is 100 Å². The van der Waals surface area contributed by atoms with Gasteiger partial charge in [0.1, 0.15) is 11.3 Å². The molecule has 30 heavy (non-hydrogen) atoms. The van der Waals surface area contributed by atoms with Gasteiger partial charge in [0.05, 0.1) is 31.4 Å². The normalized spacial score (nSPS) is 13.5. The molecule has 1 amide bonds. The zero-order valence-electron chi connectivity index (χ0n) is 16.6. The van der Waals surface area contributed by atoms with Gasteiger partial charge in [-0.1, -0.05) is 18.2 Å². The molecule has 0 saturated heterocycles. The maximum atomic E-state index is 13.2. The highest BCUT2D eigenvalue weighted by Crippen LogP contribution is 2.34. The first-order chi connectivity index (χ1) is 14.6. The van der Waals surface area contributed by atoms with Crippen LogP contribution in [-0.4, -0.2) is 52.3 Å². The maximum absolute atomic E-state index is 13.2. The summed E-state index contributed by atoms with van der Waals surface area (Å²) >= 11 is 0. The summed E-state index contributed by atoms with van der Waals surface area (Å²) in [5, 5.41) is 1.58. The molecule has 0 atom stereocenters. The standard InChI is InChI=1S/C22H20N4O4/c1-29-17-10-24-21(30-2)19-18(17)13(9-23-19)20(27)22(28)26-8-7-16-14(11-26)12-5-3-4-6-15(12)25-16/h3-6,9-10,23,25H,7-8,11H2,1-2H3. The Kier molecular flexibility index (Phi) is 4.20. The summed E-state index contributed by atoms with van der Waals surface area (Å²) < 4.78 is 10.6. The lowest BCUT2D eigenvalue weighted by atomic mass is 10.0. The van der Waals surface area contributed by atoms with E-state index in [2.05, 4.69) is 15.0 Å². The Morgan fingerprint density at radius 1 is 1.17 bits per heavy atom. The van der Waals surface area contributed by atoms with Crippen molar-refractivity contribution >= 4 is 33.5 Å². The third-order valence-corrected chi connectivity index (χ3v) is 5.66. The summed E-state index contributed by atoms with van der Waals surface area (Å²) in [5.41, 5.74) is 4.00. The number of carbonyl (C=O) groups is 2. The van der Waals surface area contributed by atoms with E-state index in [0.717, 1.165) is 22.2 Å². The summed E-state index contributed by atoms with van der Waals surface area (Å²) in [6.07, 6.45) is 3.67. The van der Waals surface area contributed by atoms with Gasteiger partial charge in [-0.2, -0.15) is 0 Å². The van der Waals surface area contributed by atoms with Crippen molar-refractivity contribution in [3.05, 3.63) is 53.5 Å². The first-order valence-electron chi connectivity index (χ1n) is 9.62. The van der Waals surface area contributed by atoms with Crippen LogP contribution in [0.25, 0.3) is 21.8 Å². The summed E-state index contributed by atoms with van der Waals surface area (Å²) in [4.78, 5) is 38.5. The Balaban J connectivity index is 1.50. The van der Waals surface area contributed by atoms with E-state index in [1.165, 1.54) is 26.6 Å². The lowest BCUT2D eigenvalue weighted by molar-refractivity contribution is -0.127. The van der Waals surface area contributed by atoms with Crippen molar-refractivity contribution in [1.82, 2.24) is 19.9 Å². The Morgan fingerprint density at radius 3 is 2.80 bits per heavy atom. The van der Waals surface area contributed by atoms with Crippen LogP contribution in [0.4, 0.5) is 0 Å². The van der Waals surface area contributed by atoms with Crippen LogP contribution >= 0.6 is 0 Å². The van der Waals surface area contributed by atoms with Gasteiger partial charge in [-0.3, -0.25) is 9.59 Å². The second-order valence-corrected chi connectivity index (χ2v) is 7.22. The number of para-hydroxylation sites is 1. The van der Waals surface area contributed by atoms with Gasteiger partial charge in [-0.25, -0.2) is 4.98 Å². The van der Waals surface area contributed by atoms with Crippen LogP contribution in [0.3, 0.4) is 0 Å². The largest absolute Gasteiger partial charge is 0.494 e. The predicted molar refractivity (Wildman–Crippen MR) is 111 cm³/mol. The average Bonchev–Trinajstić information content (AvgIpc) is 3.39. The minimum Gasteiger partial charge on any atom is -0.494 e. The first kappa shape index (κ1) is 18.2. The highest BCUT2D eigenvalue weighted by molar-refractivity contribution is 6.45. The van der Waals surface area contributed by atoms with Crippen molar-refractivity contribution in [3.8, 4) is 11.6 Å². The van der Waals surface area contributed by atoms with E-state index in [9.17, 15) is 9.59 Å². The lowest BCUT2D eigenvalue weighted by Gasteiger charge is -2.26. The van der Waals surface area contributed by atoms with Crippen molar-refractivity contribution in [3.63, 3.8) is 0 Å². The van der Waals surface area contributed by atoms with E-state index in [1.54, 1.807) is 4.90 Å². The van der Waals surface area contributed by atoms with E-state index in [-0.39, 0.29) is 5.56 Å². The van der Waals surface area contributed by atoms with Crippen molar-refractivity contribution in [2.45, 2.75) is 13.0 Å². The molecule has 2 N–H and O–H groups in total. The molecule has 0 unspecified atom stereocenters. The minimum atomic E-state index is -0.587. The van der Waals surface area contributed by atoms with Crippen LogP contribution < -0.4 is 9.47 Å². The number of ether oxygens (including phenoxy) is 2. The summed E-state index contributed by atoms with van der Waals surface area (Å²) in [5.74, 6) is -0.389.